The van der Waals surface area contributed by atoms with Gasteiger partial charge in [-0.15, -0.1) is 0 Å². The van der Waals surface area contributed by atoms with E-state index < -0.39 is 5.97 Å². The van der Waals surface area contributed by atoms with Crippen molar-refractivity contribution in [3.63, 3.8) is 0 Å². The molecule has 2 unspecified atom stereocenters. The molecule has 0 aliphatic carbocycles. The Labute approximate surface area is 134 Å². The van der Waals surface area contributed by atoms with Gasteiger partial charge in [0.1, 0.15) is 0 Å². The lowest BCUT2D eigenvalue weighted by Gasteiger charge is -2.35. The summed E-state index contributed by atoms with van der Waals surface area (Å²) in [6.07, 6.45) is 4.94. The number of rotatable bonds is 9. The SMILES string of the molecule is CCCCN(CCCC)C(=O)CN1CC(C)CC(C(=O)O)C1. The molecular weight excluding hydrogens is 280 g/mol. The van der Waals surface area contributed by atoms with E-state index in [-0.39, 0.29) is 11.8 Å². The molecule has 1 amide bonds. The van der Waals surface area contributed by atoms with Crippen molar-refractivity contribution in [1.29, 1.82) is 0 Å². The second-order valence-electron chi connectivity index (χ2n) is 6.66. The summed E-state index contributed by atoms with van der Waals surface area (Å²) in [4.78, 5) is 27.8. The monoisotopic (exact) mass is 312 g/mol. The Bertz CT molecular complexity index is 352. The average Bonchev–Trinajstić information content (AvgIpc) is 2.46. The van der Waals surface area contributed by atoms with Crippen LogP contribution in [0.4, 0.5) is 0 Å². The van der Waals surface area contributed by atoms with Crippen molar-refractivity contribution in [2.24, 2.45) is 11.8 Å². The zero-order chi connectivity index (χ0) is 16.5. The molecule has 0 saturated carbocycles. The van der Waals surface area contributed by atoms with Crippen molar-refractivity contribution in [1.82, 2.24) is 9.80 Å². The maximum atomic E-state index is 12.5. The molecule has 5 heteroatoms. The highest BCUT2D eigenvalue weighted by molar-refractivity contribution is 5.78. The number of carboxylic acid groups (broad SMARTS) is 1. The number of unbranched alkanes of at least 4 members (excludes halogenated alkanes) is 2. The number of carbonyl (C=O) groups excluding carboxylic acids is 1. The van der Waals surface area contributed by atoms with E-state index >= 15 is 0 Å². The fourth-order valence-corrected chi connectivity index (χ4v) is 3.12. The summed E-state index contributed by atoms with van der Waals surface area (Å²) in [5.74, 6) is -0.586. The zero-order valence-electron chi connectivity index (χ0n) is 14.4. The summed E-state index contributed by atoms with van der Waals surface area (Å²) in [6, 6.07) is 0. The van der Waals surface area contributed by atoms with Gasteiger partial charge in [-0.25, -0.2) is 0 Å². The van der Waals surface area contributed by atoms with E-state index in [4.69, 9.17) is 0 Å². The third kappa shape index (κ3) is 6.34. The lowest BCUT2D eigenvalue weighted by molar-refractivity contribution is -0.145. The van der Waals surface area contributed by atoms with Gasteiger partial charge in [-0.05, 0) is 25.2 Å². The lowest BCUT2D eigenvalue weighted by Crippen LogP contribution is -2.48. The molecule has 1 rings (SSSR count). The Balaban J connectivity index is 2.56. The Morgan fingerprint density at radius 1 is 1.14 bits per heavy atom. The first-order chi connectivity index (χ1) is 10.5. The van der Waals surface area contributed by atoms with Crippen molar-refractivity contribution >= 4 is 11.9 Å². The lowest BCUT2D eigenvalue weighted by atomic mass is 9.90. The number of aliphatic carboxylic acids is 1. The topological polar surface area (TPSA) is 60.9 Å². The minimum absolute atomic E-state index is 0.153. The van der Waals surface area contributed by atoms with Crippen LogP contribution in [0.25, 0.3) is 0 Å². The number of piperidine rings is 1. The van der Waals surface area contributed by atoms with Gasteiger partial charge in [0.15, 0.2) is 0 Å². The highest BCUT2D eigenvalue weighted by atomic mass is 16.4. The van der Waals surface area contributed by atoms with E-state index in [1.165, 1.54) is 0 Å². The van der Waals surface area contributed by atoms with Crippen LogP contribution in [0.15, 0.2) is 0 Å². The number of nitrogens with zero attached hydrogens (tertiary/aromatic N) is 2. The molecule has 22 heavy (non-hydrogen) atoms. The Morgan fingerprint density at radius 2 is 1.73 bits per heavy atom. The second-order valence-corrected chi connectivity index (χ2v) is 6.66. The predicted octanol–water partition coefficient (Wildman–Crippen LogP) is 2.46. The summed E-state index contributed by atoms with van der Waals surface area (Å²) in [7, 11) is 0. The predicted molar refractivity (Wildman–Crippen MR) is 87.7 cm³/mol. The number of carbonyl (C=O) groups is 2. The van der Waals surface area contributed by atoms with Crippen LogP contribution in [0.3, 0.4) is 0 Å². The molecule has 0 bridgehead atoms. The molecular formula is C17H32N2O3. The van der Waals surface area contributed by atoms with Crippen LogP contribution in [0, 0.1) is 11.8 Å². The van der Waals surface area contributed by atoms with Gasteiger partial charge in [0, 0.05) is 26.2 Å². The Kier molecular flexibility index (Phi) is 8.46. The minimum Gasteiger partial charge on any atom is -0.481 e. The molecule has 1 heterocycles. The Morgan fingerprint density at radius 3 is 2.23 bits per heavy atom. The summed E-state index contributed by atoms with van der Waals surface area (Å²) >= 11 is 0. The first-order valence-corrected chi connectivity index (χ1v) is 8.70. The van der Waals surface area contributed by atoms with E-state index in [2.05, 4.69) is 20.8 Å². The molecule has 5 nitrogen and oxygen atoms in total. The molecule has 2 atom stereocenters. The first-order valence-electron chi connectivity index (χ1n) is 8.70. The number of amides is 1. The Hall–Kier alpha value is -1.10. The normalized spacial score (nSPS) is 22.5. The largest absolute Gasteiger partial charge is 0.481 e. The molecule has 1 saturated heterocycles. The molecule has 0 aromatic heterocycles. The summed E-state index contributed by atoms with van der Waals surface area (Å²) in [5, 5.41) is 9.23. The van der Waals surface area contributed by atoms with Gasteiger partial charge in [0.25, 0.3) is 0 Å². The van der Waals surface area contributed by atoms with Gasteiger partial charge in [0.05, 0.1) is 12.5 Å². The van der Waals surface area contributed by atoms with Crippen LogP contribution < -0.4 is 0 Å². The summed E-state index contributed by atoms with van der Waals surface area (Å²) in [6.45, 7) is 9.66. The molecule has 1 N–H and O–H groups in total. The van der Waals surface area contributed by atoms with Gasteiger partial charge in [-0.2, -0.15) is 0 Å². The van der Waals surface area contributed by atoms with Crippen LogP contribution >= 0.6 is 0 Å². The molecule has 128 valence electrons. The first kappa shape index (κ1) is 18.9. The zero-order valence-corrected chi connectivity index (χ0v) is 14.4. The van der Waals surface area contributed by atoms with Crippen molar-refractivity contribution in [2.75, 3.05) is 32.7 Å². The van der Waals surface area contributed by atoms with Crippen molar-refractivity contribution < 1.29 is 14.7 Å². The fourth-order valence-electron chi connectivity index (χ4n) is 3.12. The van der Waals surface area contributed by atoms with Gasteiger partial charge in [-0.3, -0.25) is 14.5 Å². The van der Waals surface area contributed by atoms with Crippen LogP contribution in [-0.2, 0) is 9.59 Å². The van der Waals surface area contributed by atoms with Crippen LogP contribution in [-0.4, -0.2) is 59.5 Å². The number of carboxylic acids is 1. The van der Waals surface area contributed by atoms with Gasteiger partial charge >= 0.3 is 5.97 Å². The maximum absolute atomic E-state index is 12.5. The average molecular weight is 312 g/mol. The van der Waals surface area contributed by atoms with Crippen molar-refractivity contribution in [3.8, 4) is 0 Å². The summed E-state index contributed by atoms with van der Waals surface area (Å²) < 4.78 is 0. The standard InChI is InChI=1S/C17H32N2O3/c1-4-6-8-19(9-7-5-2)16(20)13-18-11-14(3)10-15(12-18)17(21)22/h14-15H,4-13H2,1-3H3,(H,21,22). The molecule has 1 aliphatic rings. The van der Waals surface area contributed by atoms with E-state index in [0.29, 0.717) is 19.0 Å². The van der Waals surface area contributed by atoms with Crippen LogP contribution in [0.1, 0.15) is 52.9 Å². The third-order valence-corrected chi connectivity index (χ3v) is 4.36. The second kappa shape index (κ2) is 9.82. The molecule has 0 aromatic rings. The van der Waals surface area contributed by atoms with E-state index in [0.717, 1.165) is 51.7 Å². The van der Waals surface area contributed by atoms with Gasteiger partial charge < -0.3 is 10.0 Å². The van der Waals surface area contributed by atoms with Crippen molar-refractivity contribution in [3.05, 3.63) is 0 Å². The van der Waals surface area contributed by atoms with Gasteiger partial charge in [0.2, 0.25) is 5.91 Å². The summed E-state index contributed by atoms with van der Waals surface area (Å²) in [5.41, 5.74) is 0. The van der Waals surface area contributed by atoms with E-state index in [1.807, 2.05) is 9.80 Å². The fraction of sp³-hybridized carbons (Fsp3) is 0.882. The molecule has 0 spiro atoms. The molecule has 1 fully saturated rings. The number of hydrogen-bond donors (Lipinski definition) is 1. The number of hydrogen-bond acceptors (Lipinski definition) is 3. The minimum atomic E-state index is -0.738. The van der Waals surface area contributed by atoms with E-state index in [1.54, 1.807) is 0 Å². The third-order valence-electron chi connectivity index (χ3n) is 4.36. The molecule has 0 radical (unpaired) electrons. The molecule has 0 aromatic carbocycles. The van der Waals surface area contributed by atoms with E-state index in [9.17, 15) is 14.7 Å². The van der Waals surface area contributed by atoms with Gasteiger partial charge in [-0.1, -0.05) is 33.6 Å². The molecule has 1 aliphatic heterocycles. The van der Waals surface area contributed by atoms with Crippen LogP contribution in [0.2, 0.25) is 0 Å². The van der Waals surface area contributed by atoms with Crippen molar-refractivity contribution in [2.45, 2.75) is 52.9 Å². The maximum Gasteiger partial charge on any atom is 0.307 e. The smallest absolute Gasteiger partial charge is 0.307 e. The highest BCUT2D eigenvalue weighted by Crippen LogP contribution is 2.21. The number of likely N-dealkylation sites (tertiary alicyclic amines) is 1. The van der Waals surface area contributed by atoms with Crippen LogP contribution in [0.5, 0.6) is 0 Å². The highest BCUT2D eigenvalue weighted by Gasteiger charge is 2.30. The quantitative estimate of drug-likeness (QED) is 0.710.